The second kappa shape index (κ2) is 6.49. The van der Waals surface area contributed by atoms with Gasteiger partial charge in [0.1, 0.15) is 0 Å². The maximum absolute atomic E-state index is 10.9. The number of para-hydroxylation sites is 1. The summed E-state index contributed by atoms with van der Waals surface area (Å²) in [6.07, 6.45) is 0.208. The van der Waals surface area contributed by atoms with E-state index in [0.29, 0.717) is 6.54 Å². The molecule has 1 saturated heterocycles. The Morgan fingerprint density at radius 3 is 2.67 bits per heavy atom. The molecule has 0 aromatic heterocycles. The molecule has 5 heteroatoms. The second-order valence-electron chi connectivity index (χ2n) is 6.26. The fraction of sp³-hybridized carbons (Fsp3) is 0.316. The Bertz CT molecular complexity index is 765. The van der Waals surface area contributed by atoms with E-state index < -0.39 is 5.97 Å². The van der Waals surface area contributed by atoms with E-state index in [1.54, 1.807) is 0 Å². The zero-order chi connectivity index (χ0) is 16.5. The van der Waals surface area contributed by atoms with Gasteiger partial charge in [-0.1, -0.05) is 42.1 Å². The Morgan fingerprint density at radius 2 is 1.83 bits per heavy atom. The number of rotatable bonds is 3. The van der Waals surface area contributed by atoms with E-state index in [1.807, 2.05) is 11.8 Å². The molecule has 2 aromatic rings. The average Bonchev–Trinajstić information content (AvgIpc) is 2.74. The number of aliphatic carboxylic acids is 1. The highest BCUT2D eigenvalue weighted by atomic mass is 32.2. The van der Waals surface area contributed by atoms with Crippen LogP contribution in [0.4, 0.5) is 5.69 Å². The van der Waals surface area contributed by atoms with Gasteiger partial charge in [0.2, 0.25) is 0 Å². The number of anilines is 1. The summed E-state index contributed by atoms with van der Waals surface area (Å²) >= 11 is 1.83. The number of carboxylic acids is 1. The van der Waals surface area contributed by atoms with Crippen LogP contribution in [0.1, 0.15) is 18.0 Å². The Morgan fingerprint density at radius 1 is 1.08 bits per heavy atom. The molecule has 0 saturated carbocycles. The van der Waals surface area contributed by atoms with Crippen LogP contribution in [0.3, 0.4) is 0 Å². The first-order valence-corrected chi connectivity index (χ1v) is 9.10. The summed E-state index contributed by atoms with van der Waals surface area (Å²) in [6.45, 7) is 3.33. The molecule has 24 heavy (non-hydrogen) atoms. The highest BCUT2D eigenvalue weighted by Gasteiger charge is 2.33. The number of nitrogens with zero attached hydrogens (tertiary/aromatic N) is 2. The van der Waals surface area contributed by atoms with E-state index in [2.05, 4.69) is 58.3 Å². The molecule has 0 aliphatic carbocycles. The van der Waals surface area contributed by atoms with E-state index in [1.165, 1.54) is 21.0 Å². The third-order valence-corrected chi connectivity index (χ3v) is 5.94. The van der Waals surface area contributed by atoms with Gasteiger partial charge in [0.05, 0.1) is 18.2 Å². The lowest BCUT2D eigenvalue weighted by Crippen LogP contribution is -2.49. The molecule has 0 spiro atoms. The van der Waals surface area contributed by atoms with Crippen molar-refractivity contribution in [2.75, 3.05) is 31.1 Å². The monoisotopic (exact) mass is 340 g/mol. The van der Waals surface area contributed by atoms with Crippen molar-refractivity contribution in [3.8, 4) is 0 Å². The molecule has 1 atom stereocenters. The largest absolute Gasteiger partial charge is 0.481 e. The molecule has 1 unspecified atom stereocenters. The van der Waals surface area contributed by atoms with Gasteiger partial charge >= 0.3 is 5.97 Å². The molecular formula is C19H20N2O2S. The number of carboxylic acid groups (broad SMARTS) is 1. The quantitative estimate of drug-likeness (QED) is 0.926. The van der Waals surface area contributed by atoms with Gasteiger partial charge in [0, 0.05) is 36.0 Å². The zero-order valence-electron chi connectivity index (χ0n) is 13.4. The van der Waals surface area contributed by atoms with E-state index in [-0.39, 0.29) is 12.5 Å². The van der Waals surface area contributed by atoms with Crippen molar-refractivity contribution in [3.05, 3.63) is 54.1 Å². The van der Waals surface area contributed by atoms with E-state index >= 15 is 0 Å². The lowest BCUT2D eigenvalue weighted by molar-refractivity contribution is -0.137. The third kappa shape index (κ3) is 2.89. The van der Waals surface area contributed by atoms with Gasteiger partial charge < -0.3 is 10.0 Å². The SMILES string of the molecule is O=C(O)CCN1CCN2c3ccccc3Sc3ccccc3C2C1. The lowest BCUT2D eigenvalue weighted by Gasteiger charge is -2.42. The molecule has 2 aliphatic rings. The molecule has 1 N–H and O–H groups in total. The van der Waals surface area contributed by atoms with Crippen molar-refractivity contribution in [2.24, 2.45) is 0 Å². The first-order chi connectivity index (χ1) is 11.7. The van der Waals surface area contributed by atoms with Crippen LogP contribution in [-0.4, -0.2) is 42.2 Å². The summed E-state index contributed by atoms with van der Waals surface area (Å²) in [6, 6.07) is 17.5. The van der Waals surface area contributed by atoms with Crippen LogP contribution in [0.5, 0.6) is 0 Å². The molecule has 2 heterocycles. The van der Waals surface area contributed by atoms with E-state index in [0.717, 1.165) is 19.6 Å². The minimum atomic E-state index is -0.723. The second-order valence-corrected chi connectivity index (χ2v) is 7.34. The van der Waals surface area contributed by atoms with Crippen LogP contribution in [0.15, 0.2) is 58.3 Å². The summed E-state index contributed by atoms with van der Waals surface area (Å²) in [5.41, 5.74) is 2.64. The summed E-state index contributed by atoms with van der Waals surface area (Å²) in [4.78, 5) is 18.3. The predicted molar refractivity (Wildman–Crippen MR) is 95.8 cm³/mol. The summed E-state index contributed by atoms with van der Waals surface area (Å²) < 4.78 is 0. The molecule has 124 valence electrons. The fourth-order valence-corrected chi connectivity index (χ4v) is 4.74. The van der Waals surface area contributed by atoms with Crippen molar-refractivity contribution in [2.45, 2.75) is 22.3 Å². The minimum Gasteiger partial charge on any atom is -0.481 e. The highest BCUT2D eigenvalue weighted by Crippen LogP contribution is 2.46. The van der Waals surface area contributed by atoms with Crippen LogP contribution >= 0.6 is 11.8 Å². The molecule has 0 bridgehead atoms. The van der Waals surface area contributed by atoms with Crippen molar-refractivity contribution in [3.63, 3.8) is 0 Å². The molecule has 1 fully saturated rings. The van der Waals surface area contributed by atoms with Crippen molar-refractivity contribution in [1.82, 2.24) is 4.90 Å². The first kappa shape index (κ1) is 15.5. The molecular weight excluding hydrogens is 320 g/mol. The van der Waals surface area contributed by atoms with Gasteiger partial charge in [0.15, 0.2) is 0 Å². The number of hydrogen-bond acceptors (Lipinski definition) is 4. The van der Waals surface area contributed by atoms with Crippen molar-refractivity contribution in [1.29, 1.82) is 0 Å². The number of carbonyl (C=O) groups is 1. The highest BCUT2D eigenvalue weighted by molar-refractivity contribution is 7.99. The summed E-state index contributed by atoms with van der Waals surface area (Å²) in [5, 5.41) is 8.97. The summed E-state index contributed by atoms with van der Waals surface area (Å²) in [7, 11) is 0. The Balaban J connectivity index is 1.70. The topological polar surface area (TPSA) is 43.8 Å². The van der Waals surface area contributed by atoms with Crippen LogP contribution in [-0.2, 0) is 4.79 Å². The zero-order valence-corrected chi connectivity index (χ0v) is 14.2. The van der Waals surface area contributed by atoms with Gasteiger partial charge in [0.25, 0.3) is 0 Å². The molecule has 2 aromatic carbocycles. The van der Waals surface area contributed by atoms with Gasteiger partial charge in [-0.15, -0.1) is 0 Å². The molecule has 4 nitrogen and oxygen atoms in total. The number of hydrogen-bond donors (Lipinski definition) is 1. The predicted octanol–water partition coefficient (Wildman–Crippen LogP) is 3.49. The first-order valence-electron chi connectivity index (χ1n) is 8.29. The van der Waals surface area contributed by atoms with Gasteiger partial charge in [-0.3, -0.25) is 9.69 Å². The minimum absolute atomic E-state index is 0.208. The Kier molecular flexibility index (Phi) is 4.21. The molecule has 0 amide bonds. The molecule has 0 radical (unpaired) electrons. The van der Waals surface area contributed by atoms with Crippen molar-refractivity contribution >= 4 is 23.4 Å². The lowest BCUT2D eigenvalue weighted by atomic mass is 10.0. The third-order valence-electron chi connectivity index (χ3n) is 4.78. The molecule has 2 aliphatic heterocycles. The Labute approximate surface area is 146 Å². The number of fused-ring (bicyclic) bond motifs is 5. The smallest absolute Gasteiger partial charge is 0.304 e. The van der Waals surface area contributed by atoms with Gasteiger partial charge in [-0.25, -0.2) is 0 Å². The van der Waals surface area contributed by atoms with Crippen LogP contribution < -0.4 is 4.90 Å². The molecule has 4 rings (SSSR count). The number of benzene rings is 2. The maximum Gasteiger partial charge on any atom is 0.304 e. The normalized spacial score (nSPS) is 19.8. The van der Waals surface area contributed by atoms with Crippen molar-refractivity contribution < 1.29 is 9.90 Å². The van der Waals surface area contributed by atoms with E-state index in [4.69, 9.17) is 5.11 Å². The number of piperazine rings is 1. The average molecular weight is 340 g/mol. The van der Waals surface area contributed by atoms with E-state index in [9.17, 15) is 4.79 Å². The van der Waals surface area contributed by atoms with Crippen LogP contribution in [0.2, 0.25) is 0 Å². The van der Waals surface area contributed by atoms with Gasteiger partial charge in [-0.05, 0) is 23.8 Å². The van der Waals surface area contributed by atoms with Crippen LogP contribution in [0, 0.1) is 0 Å². The van der Waals surface area contributed by atoms with Gasteiger partial charge in [-0.2, -0.15) is 0 Å². The van der Waals surface area contributed by atoms with Crippen LogP contribution in [0.25, 0.3) is 0 Å². The summed E-state index contributed by atoms with van der Waals surface area (Å²) in [5.74, 6) is -0.723. The fourth-order valence-electron chi connectivity index (χ4n) is 3.60. The maximum atomic E-state index is 10.9. The Hall–Kier alpha value is -1.98. The standard InChI is InChI=1S/C19H20N2O2S/c22-19(23)9-10-20-11-12-21-15-6-2-4-8-18(15)24-17-7-3-1-5-14(17)16(21)13-20/h1-8,16H,9-13H2,(H,22,23).